The van der Waals surface area contributed by atoms with Crippen LogP contribution in [0.4, 0.5) is 0 Å². The van der Waals surface area contributed by atoms with Crippen LogP contribution >= 0.6 is 12.6 Å². The van der Waals surface area contributed by atoms with Crippen molar-refractivity contribution in [3.8, 4) is 0 Å². The Morgan fingerprint density at radius 1 is 1.32 bits per heavy atom. The first-order valence-corrected chi connectivity index (χ1v) is 7.12. The smallest absolute Gasteiger partial charge is 0.223 e. The van der Waals surface area contributed by atoms with Gasteiger partial charge in [-0.3, -0.25) is 9.78 Å². The summed E-state index contributed by atoms with van der Waals surface area (Å²) < 4.78 is 0. The quantitative estimate of drug-likeness (QED) is 0.871. The Morgan fingerprint density at radius 2 is 2.16 bits per heavy atom. The van der Waals surface area contributed by atoms with E-state index in [4.69, 9.17) is 0 Å². The number of hydrogen-bond donors (Lipinski definition) is 1. The Labute approximate surface area is 118 Å². The fourth-order valence-electron chi connectivity index (χ4n) is 2.63. The summed E-state index contributed by atoms with van der Waals surface area (Å²) in [6.07, 6.45) is 2.45. The van der Waals surface area contributed by atoms with E-state index in [1.165, 1.54) is 5.56 Å². The van der Waals surface area contributed by atoms with Crippen LogP contribution in [0.5, 0.6) is 0 Å². The number of likely N-dealkylation sites (tertiary alicyclic amines) is 1. The zero-order chi connectivity index (χ0) is 13.2. The molecular weight excluding hydrogens is 256 g/mol. The molecule has 1 fully saturated rings. The minimum Gasteiger partial charge on any atom is -0.338 e. The lowest BCUT2D eigenvalue weighted by atomic mass is 10.1. The third-order valence-corrected chi connectivity index (χ3v) is 4.17. The van der Waals surface area contributed by atoms with Crippen molar-refractivity contribution in [1.82, 2.24) is 9.88 Å². The number of benzene rings is 1. The zero-order valence-corrected chi connectivity index (χ0v) is 11.5. The van der Waals surface area contributed by atoms with Crippen molar-refractivity contribution in [2.45, 2.75) is 13.0 Å². The van der Waals surface area contributed by atoms with Gasteiger partial charge in [0.05, 0.1) is 5.52 Å². The van der Waals surface area contributed by atoms with Gasteiger partial charge in [-0.25, -0.2) is 0 Å². The molecule has 2 heterocycles. The molecule has 1 aromatic carbocycles. The fraction of sp³-hybridized carbons (Fsp3) is 0.333. The second-order valence-electron chi connectivity index (χ2n) is 5.01. The van der Waals surface area contributed by atoms with Gasteiger partial charge in [-0.15, -0.1) is 0 Å². The van der Waals surface area contributed by atoms with Crippen LogP contribution in [0, 0.1) is 5.92 Å². The van der Waals surface area contributed by atoms with Gasteiger partial charge in [-0.2, -0.15) is 12.6 Å². The SMILES string of the molecule is O=C1CC(CS)CN1Cc1ccnc2ccccc12. The van der Waals surface area contributed by atoms with Crippen LogP contribution in [0.15, 0.2) is 36.5 Å². The summed E-state index contributed by atoms with van der Waals surface area (Å²) in [4.78, 5) is 18.2. The minimum atomic E-state index is 0.236. The Kier molecular flexibility index (Phi) is 3.42. The van der Waals surface area contributed by atoms with Crippen molar-refractivity contribution < 1.29 is 4.79 Å². The molecule has 1 saturated heterocycles. The molecule has 1 atom stereocenters. The molecule has 98 valence electrons. The number of amides is 1. The number of hydrogen-bond acceptors (Lipinski definition) is 3. The maximum atomic E-state index is 12.0. The highest BCUT2D eigenvalue weighted by atomic mass is 32.1. The summed E-state index contributed by atoms with van der Waals surface area (Å²) >= 11 is 4.29. The first-order valence-electron chi connectivity index (χ1n) is 6.49. The number of pyridine rings is 1. The van der Waals surface area contributed by atoms with Gasteiger partial charge in [0, 0.05) is 31.1 Å². The van der Waals surface area contributed by atoms with Crippen LogP contribution in [0.25, 0.3) is 10.9 Å². The Morgan fingerprint density at radius 3 is 2.95 bits per heavy atom. The molecule has 1 unspecified atom stereocenters. The highest BCUT2D eigenvalue weighted by molar-refractivity contribution is 7.80. The number of para-hydroxylation sites is 1. The average molecular weight is 272 g/mol. The summed E-state index contributed by atoms with van der Waals surface area (Å²) in [6.45, 7) is 1.49. The number of nitrogens with zero attached hydrogens (tertiary/aromatic N) is 2. The fourth-order valence-corrected chi connectivity index (χ4v) is 2.87. The number of fused-ring (bicyclic) bond motifs is 1. The van der Waals surface area contributed by atoms with Crippen LogP contribution in [0.3, 0.4) is 0 Å². The summed E-state index contributed by atoms with van der Waals surface area (Å²) in [7, 11) is 0. The topological polar surface area (TPSA) is 33.2 Å². The van der Waals surface area contributed by atoms with Gasteiger partial charge >= 0.3 is 0 Å². The second-order valence-corrected chi connectivity index (χ2v) is 5.38. The molecule has 19 heavy (non-hydrogen) atoms. The lowest BCUT2D eigenvalue weighted by Crippen LogP contribution is -2.24. The Hall–Kier alpha value is -1.55. The van der Waals surface area contributed by atoms with Crippen molar-refractivity contribution in [3.63, 3.8) is 0 Å². The standard InChI is InChI=1S/C15H16N2OS/c18-15-7-11(10-19)8-17(15)9-12-5-6-16-14-4-2-1-3-13(12)14/h1-6,11,19H,7-10H2. The highest BCUT2D eigenvalue weighted by Crippen LogP contribution is 2.23. The molecule has 0 N–H and O–H groups in total. The predicted molar refractivity (Wildman–Crippen MR) is 79.1 cm³/mol. The van der Waals surface area contributed by atoms with E-state index >= 15 is 0 Å². The maximum Gasteiger partial charge on any atom is 0.223 e. The van der Waals surface area contributed by atoms with E-state index in [1.54, 1.807) is 0 Å². The van der Waals surface area contributed by atoms with Crippen LogP contribution in [0.2, 0.25) is 0 Å². The van der Waals surface area contributed by atoms with E-state index < -0.39 is 0 Å². The molecule has 0 radical (unpaired) electrons. The number of thiol groups is 1. The van der Waals surface area contributed by atoms with Gasteiger partial charge in [0.25, 0.3) is 0 Å². The molecule has 3 rings (SSSR count). The van der Waals surface area contributed by atoms with Gasteiger partial charge < -0.3 is 4.90 Å². The van der Waals surface area contributed by atoms with Crippen molar-refractivity contribution in [2.75, 3.05) is 12.3 Å². The third kappa shape index (κ3) is 2.45. The van der Waals surface area contributed by atoms with Gasteiger partial charge in [0.1, 0.15) is 0 Å². The molecule has 4 heteroatoms. The van der Waals surface area contributed by atoms with E-state index in [0.717, 1.165) is 23.2 Å². The molecule has 0 spiro atoms. The van der Waals surface area contributed by atoms with E-state index in [0.29, 0.717) is 18.9 Å². The first-order chi connectivity index (χ1) is 9.28. The Balaban J connectivity index is 1.88. The van der Waals surface area contributed by atoms with Gasteiger partial charge in [-0.05, 0) is 29.4 Å². The van der Waals surface area contributed by atoms with Gasteiger partial charge in [0.15, 0.2) is 0 Å². The molecule has 0 aliphatic carbocycles. The highest BCUT2D eigenvalue weighted by Gasteiger charge is 2.28. The van der Waals surface area contributed by atoms with Crippen LogP contribution in [-0.4, -0.2) is 28.1 Å². The van der Waals surface area contributed by atoms with E-state index in [1.807, 2.05) is 35.4 Å². The normalized spacial score (nSPS) is 19.3. The molecule has 1 amide bonds. The van der Waals surface area contributed by atoms with Crippen molar-refractivity contribution in [1.29, 1.82) is 0 Å². The summed E-state index contributed by atoms with van der Waals surface area (Å²) in [6, 6.07) is 10.1. The molecule has 3 nitrogen and oxygen atoms in total. The van der Waals surface area contributed by atoms with Crippen LogP contribution in [-0.2, 0) is 11.3 Å². The van der Waals surface area contributed by atoms with E-state index in [2.05, 4.69) is 23.7 Å². The van der Waals surface area contributed by atoms with Crippen LogP contribution in [0.1, 0.15) is 12.0 Å². The number of carbonyl (C=O) groups excluding carboxylic acids is 1. The zero-order valence-electron chi connectivity index (χ0n) is 10.6. The van der Waals surface area contributed by atoms with Crippen molar-refractivity contribution in [2.24, 2.45) is 5.92 Å². The number of rotatable bonds is 3. The summed E-state index contributed by atoms with van der Waals surface area (Å²) in [5.74, 6) is 1.41. The number of aromatic nitrogens is 1. The number of carbonyl (C=O) groups is 1. The molecule has 2 aromatic rings. The summed E-state index contributed by atoms with van der Waals surface area (Å²) in [5, 5.41) is 1.13. The molecule has 1 aliphatic rings. The van der Waals surface area contributed by atoms with Crippen molar-refractivity contribution in [3.05, 3.63) is 42.1 Å². The molecule has 0 saturated carbocycles. The van der Waals surface area contributed by atoms with E-state index in [9.17, 15) is 4.79 Å². The summed E-state index contributed by atoms with van der Waals surface area (Å²) in [5.41, 5.74) is 2.15. The monoisotopic (exact) mass is 272 g/mol. The maximum absolute atomic E-state index is 12.0. The minimum absolute atomic E-state index is 0.236. The molecular formula is C15H16N2OS. The lowest BCUT2D eigenvalue weighted by Gasteiger charge is -2.17. The first kappa shape index (κ1) is 12.5. The molecule has 0 bridgehead atoms. The third-order valence-electron chi connectivity index (χ3n) is 3.65. The average Bonchev–Trinajstić information content (AvgIpc) is 2.80. The van der Waals surface area contributed by atoms with Crippen LogP contribution < -0.4 is 0 Å². The second kappa shape index (κ2) is 5.21. The predicted octanol–water partition coefficient (Wildman–Crippen LogP) is 2.51. The Bertz CT molecular complexity index is 609. The largest absolute Gasteiger partial charge is 0.338 e. The lowest BCUT2D eigenvalue weighted by molar-refractivity contribution is -0.128. The van der Waals surface area contributed by atoms with Crippen molar-refractivity contribution >= 4 is 29.4 Å². The molecule has 1 aromatic heterocycles. The van der Waals surface area contributed by atoms with Gasteiger partial charge in [-0.1, -0.05) is 18.2 Å². The van der Waals surface area contributed by atoms with Gasteiger partial charge in [0.2, 0.25) is 5.91 Å². The van der Waals surface area contributed by atoms with E-state index in [-0.39, 0.29) is 5.91 Å². The molecule has 1 aliphatic heterocycles.